The van der Waals surface area contributed by atoms with Gasteiger partial charge < -0.3 is 19.0 Å². The topological polar surface area (TPSA) is 107 Å². The Balaban J connectivity index is 1.35. The summed E-state index contributed by atoms with van der Waals surface area (Å²) in [6.45, 7) is 1.07. The number of imidazole rings is 1. The number of benzene rings is 3. The molecule has 9 heteroatoms. The predicted molar refractivity (Wildman–Crippen MR) is 140 cm³/mol. The first-order chi connectivity index (χ1) is 18.2. The Morgan fingerprint density at radius 2 is 1.78 bits per heavy atom. The SMILES string of the molecule is COCCn1c(-c2nnc(N[C@H]3N=C(c4ccccc4)c4ccccc4CC3=O)o2)nc2ccccc21. The van der Waals surface area contributed by atoms with Gasteiger partial charge in [0.25, 0.3) is 5.89 Å². The van der Waals surface area contributed by atoms with Crippen molar-refractivity contribution in [3.63, 3.8) is 0 Å². The molecule has 0 spiro atoms. The number of Topliss-reactive ketones (excluding diaryl/α,β-unsaturated/α-hetero) is 1. The van der Waals surface area contributed by atoms with Crippen molar-refractivity contribution in [1.29, 1.82) is 0 Å². The molecule has 9 nitrogen and oxygen atoms in total. The van der Waals surface area contributed by atoms with Crippen LogP contribution < -0.4 is 5.32 Å². The number of aromatic nitrogens is 4. The van der Waals surface area contributed by atoms with E-state index in [4.69, 9.17) is 19.1 Å². The fourth-order valence-corrected chi connectivity index (χ4v) is 4.54. The second kappa shape index (κ2) is 9.79. The molecular weight excluding hydrogens is 468 g/mol. The van der Waals surface area contributed by atoms with E-state index >= 15 is 0 Å². The maximum absolute atomic E-state index is 13.2. The van der Waals surface area contributed by atoms with E-state index in [0.29, 0.717) is 19.0 Å². The lowest BCUT2D eigenvalue weighted by molar-refractivity contribution is -0.119. The molecule has 3 aromatic carbocycles. The molecule has 0 radical (unpaired) electrons. The minimum Gasteiger partial charge on any atom is -0.400 e. The molecule has 1 atom stereocenters. The maximum Gasteiger partial charge on any atom is 0.317 e. The van der Waals surface area contributed by atoms with Crippen LogP contribution in [0.3, 0.4) is 0 Å². The minimum atomic E-state index is -0.886. The smallest absolute Gasteiger partial charge is 0.317 e. The number of fused-ring (bicyclic) bond motifs is 2. The standard InChI is InChI=1S/C28H24N6O3/c1-36-16-15-34-22-14-8-7-13-21(22)29-26(34)27-32-33-28(37-27)31-25-23(35)17-19-11-5-6-12-20(19)24(30-25)18-9-3-2-4-10-18/h2-14,25H,15-17H2,1H3,(H,31,33)/t25-/m1/s1. The molecular formula is C28H24N6O3. The molecule has 0 unspecified atom stereocenters. The van der Waals surface area contributed by atoms with Crippen LogP contribution in [-0.2, 0) is 22.5 Å². The molecule has 2 aromatic heterocycles. The number of ether oxygens (including phenoxy) is 1. The summed E-state index contributed by atoms with van der Waals surface area (Å²) in [5.41, 5.74) is 5.28. The van der Waals surface area contributed by atoms with Crippen molar-refractivity contribution in [1.82, 2.24) is 19.7 Å². The van der Waals surface area contributed by atoms with Crippen LogP contribution in [0.15, 0.2) is 88.3 Å². The molecule has 6 rings (SSSR count). The van der Waals surface area contributed by atoms with Crippen molar-refractivity contribution in [2.75, 3.05) is 19.0 Å². The van der Waals surface area contributed by atoms with Crippen molar-refractivity contribution in [2.24, 2.45) is 4.99 Å². The van der Waals surface area contributed by atoms with Crippen LogP contribution in [0.1, 0.15) is 16.7 Å². The molecule has 0 saturated carbocycles. The van der Waals surface area contributed by atoms with Crippen LogP contribution in [0.25, 0.3) is 22.7 Å². The number of hydrogen-bond donors (Lipinski definition) is 1. The van der Waals surface area contributed by atoms with Crippen LogP contribution >= 0.6 is 0 Å². The highest BCUT2D eigenvalue weighted by atomic mass is 16.5. The van der Waals surface area contributed by atoms with Crippen molar-refractivity contribution in [3.05, 3.63) is 95.6 Å². The summed E-state index contributed by atoms with van der Waals surface area (Å²) in [6.07, 6.45) is -0.648. The van der Waals surface area contributed by atoms with Crippen molar-refractivity contribution in [2.45, 2.75) is 19.1 Å². The number of carbonyl (C=O) groups excluding carboxylic acids is 1. The Morgan fingerprint density at radius 1 is 1.00 bits per heavy atom. The van der Waals surface area contributed by atoms with Crippen molar-refractivity contribution < 1.29 is 13.9 Å². The highest BCUT2D eigenvalue weighted by Gasteiger charge is 2.28. The monoisotopic (exact) mass is 492 g/mol. The van der Waals surface area contributed by atoms with Gasteiger partial charge >= 0.3 is 6.01 Å². The highest BCUT2D eigenvalue weighted by Crippen LogP contribution is 2.26. The lowest BCUT2D eigenvalue weighted by atomic mass is 9.96. The largest absolute Gasteiger partial charge is 0.400 e. The number of hydrogen-bond acceptors (Lipinski definition) is 8. The average Bonchev–Trinajstić information content (AvgIpc) is 3.51. The van der Waals surface area contributed by atoms with E-state index in [0.717, 1.165) is 33.4 Å². The number of aliphatic imine (C=N–C) groups is 1. The van der Waals surface area contributed by atoms with Gasteiger partial charge in [-0.15, -0.1) is 5.10 Å². The molecule has 0 fully saturated rings. The molecule has 0 amide bonds. The summed E-state index contributed by atoms with van der Waals surface area (Å²) in [6, 6.07) is 25.6. The normalized spacial score (nSPS) is 15.3. The third-order valence-corrected chi connectivity index (χ3v) is 6.30. The zero-order chi connectivity index (χ0) is 25.2. The van der Waals surface area contributed by atoms with Gasteiger partial charge in [-0.1, -0.05) is 71.8 Å². The molecule has 3 heterocycles. The maximum atomic E-state index is 13.2. The van der Waals surface area contributed by atoms with E-state index in [1.807, 2.05) is 83.4 Å². The summed E-state index contributed by atoms with van der Waals surface area (Å²) >= 11 is 0. The molecule has 1 aliphatic rings. The van der Waals surface area contributed by atoms with Gasteiger partial charge in [-0.2, -0.15) is 0 Å². The molecule has 0 saturated heterocycles. The molecule has 0 bridgehead atoms. The van der Waals surface area contributed by atoms with Gasteiger partial charge in [0.05, 0.1) is 23.4 Å². The number of nitrogens with zero attached hydrogens (tertiary/aromatic N) is 5. The van der Waals surface area contributed by atoms with Crippen LogP contribution in [-0.4, -0.2) is 51.1 Å². The first-order valence-corrected chi connectivity index (χ1v) is 12.0. The molecule has 5 aromatic rings. The summed E-state index contributed by atoms with van der Waals surface area (Å²) in [5.74, 6) is 0.684. The number of nitrogens with one attached hydrogen (secondary N) is 1. The van der Waals surface area contributed by atoms with E-state index < -0.39 is 6.17 Å². The van der Waals surface area contributed by atoms with Crippen LogP contribution in [0.4, 0.5) is 6.01 Å². The first-order valence-electron chi connectivity index (χ1n) is 12.0. The average molecular weight is 493 g/mol. The summed E-state index contributed by atoms with van der Waals surface area (Å²) in [4.78, 5) is 22.8. The Hall–Kier alpha value is -4.63. The number of carbonyl (C=O) groups is 1. The van der Waals surface area contributed by atoms with E-state index in [1.54, 1.807) is 7.11 Å². The second-order valence-corrected chi connectivity index (χ2v) is 8.67. The zero-order valence-electron chi connectivity index (χ0n) is 20.2. The van der Waals surface area contributed by atoms with Gasteiger partial charge in [0.1, 0.15) is 0 Å². The van der Waals surface area contributed by atoms with E-state index in [-0.39, 0.29) is 24.1 Å². The van der Waals surface area contributed by atoms with E-state index in [2.05, 4.69) is 15.5 Å². The van der Waals surface area contributed by atoms with E-state index in [1.165, 1.54) is 0 Å². The fourth-order valence-electron chi connectivity index (χ4n) is 4.54. The fraction of sp³-hybridized carbons (Fsp3) is 0.179. The Morgan fingerprint density at radius 3 is 2.65 bits per heavy atom. The van der Waals surface area contributed by atoms with Gasteiger partial charge in [0.15, 0.2) is 17.8 Å². The van der Waals surface area contributed by atoms with Crippen LogP contribution in [0.2, 0.25) is 0 Å². The predicted octanol–water partition coefficient (Wildman–Crippen LogP) is 4.13. The highest BCUT2D eigenvalue weighted by molar-refractivity contribution is 6.16. The molecule has 1 N–H and O–H groups in total. The Labute approximate surface area is 212 Å². The minimum absolute atomic E-state index is 0.0922. The van der Waals surface area contributed by atoms with Gasteiger partial charge in [-0.05, 0) is 17.7 Å². The molecule has 0 aliphatic carbocycles. The number of anilines is 1. The molecule has 37 heavy (non-hydrogen) atoms. The lowest BCUT2D eigenvalue weighted by Gasteiger charge is -2.11. The number of rotatable bonds is 7. The van der Waals surface area contributed by atoms with Crippen LogP contribution in [0.5, 0.6) is 0 Å². The van der Waals surface area contributed by atoms with Gasteiger partial charge in [-0.3, -0.25) is 9.79 Å². The van der Waals surface area contributed by atoms with Gasteiger partial charge in [-0.25, -0.2) is 4.98 Å². The van der Waals surface area contributed by atoms with Gasteiger partial charge in [0, 0.05) is 31.2 Å². The Bertz CT molecular complexity index is 1600. The Kier molecular flexibility index (Phi) is 6.03. The summed E-state index contributed by atoms with van der Waals surface area (Å²) in [7, 11) is 1.65. The molecule has 1 aliphatic heterocycles. The number of ketones is 1. The van der Waals surface area contributed by atoms with Crippen molar-refractivity contribution >= 4 is 28.5 Å². The number of para-hydroxylation sites is 2. The lowest BCUT2D eigenvalue weighted by Crippen LogP contribution is -2.29. The van der Waals surface area contributed by atoms with E-state index in [9.17, 15) is 4.79 Å². The number of methoxy groups -OCH3 is 1. The quantitative estimate of drug-likeness (QED) is 0.364. The first kappa shape index (κ1) is 22.8. The van der Waals surface area contributed by atoms with Gasteiger partial charge in [0.2, 0.25) is 0 Å². The van der Waals surface area contributed by atoms with Crippen LogP contribution in [0, 0.1) is 0 Å². The summed E-state index contributed by atoms with van der Waals surface area (Å²) in [5, 5.41) is 11.4. The summed E-state index contributed by atoms with van der Waals surface area (Å²) < 4.78 is 13.2. The zero-order valence-corrected chi connectivity index (χ0v) is 20.2. The molecule has 184 valence electrons. The third kappa shape index (κ3) is 4.41. The van der Waals surface area contributed by atoms with Crippen molar-refractivity contribution in [3.8, 4) is 11.7 Å². The third-order valence-electron chi connectivity index (χ3n) is 6.30. The second-order valence-electron chi connectivity index (χ2n) is 8.67.